The number of thiophene rings is 1. The molecule has 1 fully saturated rings. The summed E-state index contributed by atoms with van der Waals surface area (Å²) in [6, 6.07) is 2.14. The Hall–Kier alpha value is -0.870. The molecule has 1 N–H and O–H groups in total. The van der Waals surface area contributed by atoms with Crippen LogP contribution in [-0.2, 0) is 22.5 Å². The second kappa shape index (κ2) is 10.5. The van der Waals surface area contributed by atoms with Gasteiger partial charge in [0.05, 0.1) is 6.61 Å². The molecular weight excluding hydrogens is 463 g/mol. The van der Waals surface area contributed by atoms with Gasteiger partial charge in [-0.3, -0.25) is 9.79 Å². The molecular formula is C18H29IN4O2S. The van der Waals surface area contributed by atoms with Gasteiger partial charge >= 0.3 is 0 Å². The van der Waals surface area contributed by atoms with Gasteiger partial charge in [-0.2, -0.15) is 0 Å². The molecule has 0 bridgehead atoms. The largest absolute Gasteiger partial charge is 0.384 e. The van der Waals surface area contributed by atoms with Crippen LogP contribution in [0.2, 0.25) is 0 Å². The van der Waals surface area contributed by atoms with E-state index in [1.54, 1.807) is 25.5 Å². The maximum Gasteiger partial charge on any atom is 0.224 e. The Morgan fingerprint density at radius 2 is 2.27 bits per heavy atom. The topological polar surface area (TPSA) is 57.2 Å². The predicted molar refractivity (Wildman–Crippen MR) is 116 cm³/mol. The molecule has 0 saturated carbocycles. The summed E-state index contributed by atoms with van der Waals surface area (Å²) in [5.74, 6) is 1.68. The van der Waals surface area contributed by atoms with Crippen molar-refractivity contribution >= 4 is 47.2 Å². The van der Waals surface area contributed by atoms with Gasteiger partial charge in [-0.1, -0.05) is 0 Å². The number of rotatable bonds is 5. The average molecular weight is 492 g/mol. The van der Waals surface area contributed by atoms with Crippen molar-refractivity contribution in [3.8, 4) is 0 Å². The fourth-order valence-corrected chi connectivity index (χ4v) is 4.52. The van der Waals surface area contributed by atoms with Crippen LogP contribution in [0.1, 0.15) is 23.3 Å². The van der Waals surface area contributed by atoms with Crippen LogP contribution in [0.5, 0.6) is 0 Å². The van der Waals surface area contributed by atoms with Crippen LogP contribution in [0.3, 0.4) is 0 Å². The summed E-state index contributed by atoms with van der Waals surface area (Å²) in [6.07, 6.45) is 2.63. The maximum atomic E-state index is 12.5. The monoisotopic (exact) mass is 492 g/mol. The highest BCUT2D eigenvalue weighted by Gasteiger charge is 2.25. The smallest absolute Gasteiger partial charge is 0.224 e. The summed E-state index contributed by atoms with van der Waals surface area (Å²) >= 11 is 1.80. The number of hydrogen-bond acceptors (Lipinski definition) is 4. The molecule has 6 nitrogen and oxygen atoms in total. The van der Waals surface area contributed by atoms with Crippen molar-refractivity contribution < 1.29 is 9.53 Å². The molecule has 1 amide bonds. The number of hydrogen-bond donors (Lipinski definition) is 1. The molecule has 8 heteroatoms. The number of ether oxygens (including phenoxy) is 1. The van der Waals surface area contributed by atoms with E-state index in [1.807, 2.05) is 4.90 Å². The van der Waals surface area contributed by atoms with Gasteiger partial charge < -0.3 is 19.9 Å². The first-order chi connectivity index (χ1) is 12.2. The fourth-order valence-electron chi connectivity index (χ4n) is 3.63. The molecule has 0 radical (unpaired) electrons. The molecule has 1 atom stereocenters. The van der Waals surface area contributed by atoms with E-state index in [4.69, 9.17) is 4.74 Å². The van der Waals surface area contributed by atoms with Gasteiger partial charge in [0.1, 0.15) is 0 Å². The van der Waals surface area contributed by atoms with E-state index in [0.29, 0.717) is 18.9 Å². The van der Waals surface area contributed by atoms with Crippen LogP contribution in [0, 0.1) is 5.92 Å². The van der Waals surface area contributed by atoms with E-state index < -0.39 is 0 Å². The summed E-state index contributed by atoms with van der Waals surface area (Å²) in [4.78, 5) is 22.5. The first kappa shape index (κ1) is 21.4. The predicted octanol–water partition coefficient (Wildman–Crippen LogP) is 2.18. The van der Waals surface area contributed by atoms with E-state index >= 15 is 0 Å². The Morgan fingerprint density at radius 3 is 3.04 bits per heavy atom. The van der Waals surface area contributed by atoms with Crippen molar-refractivity contribution in [2.24, 2.45) is 10.9 Å². The van der Waals surface area contributed by atoms with Crippen LogP contribution in [0.25, 0.3) is 0 Å². The van der Waals surface area contributed by atoms with Crippen molar-refractivity contribution in [1.29, 1.82) is 0 Å². The molecule has 1 aromatic rings. The van der Waals surface area contributed by atoms with Crippen molar-refractivity contribution in [2.75, 3.05) is 46.9 Å². The second-order valence-electron chi connectivity index (χ2n) is 6.71. The zero-order valence-corrected chi connectivity index (χ0v) is 18.7. The first-order valence-electron chi connectivity index (χ1n) is 8.98. The normalized spacial score (nSPS) is 19.9. The minimum absolute atomic E-state index is 0. The van der Waals surface area contributed by atoms with Crippen molar-refractivity contribution in [1.82, 2.24) is 15.1 Å². The van der Waals surface area contributed by atoms with Crippen LogP contribution in [0.4, 0.5) is 0 Å². The van der Waals surface area contributed by atoms with Crippen LogP contribution >= 0.6 is 35.3 Å². The van der Waals surface area contributed by atoms with Gasteiger partial charge in [0, 0.05) is 64.1 Å². The van der Waals surface area contributed by atoms with Gasteiger partial charge in [-0.25, -0.2) is 0 Å². The lowest BCUT2D eigenvalue weighted by atomic mass is 10.1. The molecule has 0 aliphatic carbocycles. The number of likely N-dealkylation sites (tertiary alicyclic amines) is 1. The average Bonchev–Trinajstić information content (AvgIpc) is 3.27. The number of fused-ring (bicyclic) bond motifs is 1. The van der Waals surface area contributed by atoms with Gasteiger partial charge in [-0.05, 0) is 29.9 Å². The third kappa shape index (κ3) is 5.32. The van der Waals surface area contributed by atoms with Gasteiger partial charge in [0.2, 0.25) is 5.91 Å². The molecule has 1 unspecified atom stereocenters. The highest BCUT2D eigenvalue weighted by molar-refractivity contribution is 14.0. The van der Waals surface area contributed by atoms with Crippen LogP contribution in [0.15, 0.2) is 16.4 Å². The van der Waals surface area contributed by atoms with Gasteiger partial charge in [0.15, 0.2) is 5.96 Å². The molecule has 2 aliphatic rings. The Bertz CT molecular complexity index is 622. The number of halogens is 1. The Labute approximate surface area is 177 Å². The number of nitrogens with one attached hydrogen (secondary N) is 1. The summed E-state index contributed by atoms with van der Waals surface area (Å²) in [5, 5.41) is 5.47. The molecule has 0 spiro atoms. The molecule has 1 aromatic heterocycles. The highest BCUT2D eigenvalue weighted by atomic mass is 127. The van der Waals surface area contributed by atoms with Crippen LogP contribution < -0.4 is 5.32 Å². The van der Waals surface area contributed by atoms with Crippen molar-refractivity contribution in [2.45, 2.75) is 25.8 Å². The van der Waals surface area contributed by atoms with Crippen molar-refractivity contribution in [3.05, 3.63) is 21.9 Å². The summed E-state index contributed by atoms with van der Waals surface area (Å²) in [6.45, 7) is 4.99. The molecule has 3 heterocycles. The number of guanidine groups is 1. The van der Waals surface area contributed by atoms with E-state index in [1.165, 1.54) is 10.4 Å². The first-order valence-corrected chi connectivity index (χ1v) is 9.86. The highest BCUT2D eigenvalue weighted by Crippen LogP contribution is 2.24. The number of carbonyl (C=O) groups is 1. The molecule has 146 valence electrons. The van der Waals surface area contributed by atoms with E-state index in [-0.39, 0.29) is 29.9 Å². The lowest BCUT2D eigenvalue weighted by Crippen LogP contribution is -2.42. The lowest BCUT2D eigenvalue weighted by molar-refractivity contribution is -0.131. The minimum atomic E-state index is 0. The zero-order valence-electron chi connectivity index (χ0n) is 15.6. The lowest BCUT2D eigenvalue weighted by Gasteiger charge is -2.27. The van der Waals surface area contributed by atoms with E-state index in [9.17, 15) is 4.79 Å². The minimum Gasteiger partial charge on any atom is -0.384 e. The van der Waals surface area contributed by atoms with E-state index in [0.717, 1.165) is 51.6 Å². The maximum absolute atomic E-state index is 12.5. The second-order valence-corrected chi connectivity index (χ2v) is 7.72. The summed E-state index contributed by atoms with van der Waals surface area (Å²) < 4.78 is 5.25. The van der Waals surface area contributed by atoms with Gasteiger partial charge in [0.25, 0.3) is 0 Å². The molecule has 2 aliphatic heterocycles. The molecule has 0 aromatic carbocycles. The zero-order chi connectivity index (χ0) is 17.6. The number of aliphatic imine (C=N–C) groups is 1. The Kier molecular flexibility index (Phi) is 8.62. The third-order valence-corrected chi connectivity index (χ3v) is 6.00. The standard InChI is InChI=1S/C18H28N4O2S.HI/c1-19-18(22-8-4-14(11-22)13-24-2)20-7-3-17(23)21-9-5-16-15(12-21)6-10-25-16;/h6,10,14H,3-5,7-9,11-13H2,1-2H3,(H,19,20);1H. The van der Waals surface area contributed by atoms with Crippen LogP contribution in [-0.4, -0.2) is 68.6 Å². The number of methoxy groups -OCH3 is 1. The van der Waals surface area contributed by atoms with Crippen molar-refractivity contribution in [3.63, 3.8) is 0 Å². The van der Waals surface area contributed by atoms with Gasteiger partial charge in [-0.15, -0.1) is 35.3 Å². The summed E-state index contributed by atoms with van der Waals surface area (Å²) in [5.41, 5.74) is 1.31. The number of amides is 1. The molecule has 26 heavy (non-hydrogen) atoms. The quantitative estimate of drug-likeness (QED) is 0.389. The number of nitrogens with zero attached hydrogens (tertiary/aromatic N) is 3. The SMILES string of the molecule is CN=C(NCCC(=O)N1CCc2sccc2C1)N1CCC(COC)C1.I. The third-order valence-electron chi connectivity index (χ3n) is 4.98. The Morgan fingerprint density at radius 1 is 1.42 bits per heavy atom. The summed E-state index contributed by atoms with van der Waals surface area (Å²) in [7, 11) is 3.55. The molecule has 1 saturated heterocycles. The molecule has 3 rings (SSSR count). The number of carbonyl (C=O) groups excluding carboxylic acids is 1. The fraction of sp³-hybridized carbons (Fsp3) is 0.667. The van der Waals surface area contributed by atoms with E-state index in [2.05, 4.69) is 26.7 Å². The Balaban J connectivity index is 0.00000243.